The summed E-state index contributed by atoms with van der Waals surface area (Å²) in [5, 5.41) is 16.7. The monoisotopic (exact) mass is 274 g/mol. The predicted octanol–water partition coefficient (Wildman–Crippen LogP) is 1.74. The summed E-state index contributed by atoms with van der Waals surface area (Å²) in [6.07, 6.45) is 3.26. The van der Waals surface area contributed by atoms with Crippen LogP contribution in [0.5, 0.6) is 0 Å². The van der Waals surface area contributed by atoms with E-state index in [0.29, 0.717) is 18.1 Å². The summed E-state index contributed by atoms with van der Waals surface area (Å²) in [5.74, 6) is 0.748. The summed E-state index contributed by atoms with van der Waals surface area (Å²) in [7, 11) is 1.70. The average Bonchev–Trinajstić information content (AvgIpc) is 2.46. The van der Waals surface area contributed by atoms with Crippen LogP contribution in [0.3, 0.4) is 0 Å². The number of nitro groups is 1. The minimum atomic E-state index is -0.477. The maximum atomic E-state index is 11.0. The van der Waals surface area contributed by atoms with Gasteiger partial charge in [0.1, 0.15) is 5.82 Å². The van der Waals surface area contributed by atoms with Crippen LogP contribution in [-0.4, -0.2) is 26.9 Å². The van der Waals surface area contributed by atoms with Crippen molar-refractivity contribution in [2.45, 2.75) is 13.5 Å². The summed E-state index contributed by atoms with van der Waals surface area (Å²) in [5.41, 5.74) is 1.42. The smallest absolute Gasteiger partial charge is 0.311 e. The molecule has 8 heteroatoms. The first kappa shape index (κ1) is 13.7. The van der Waals surface area contributed by atoms with E-state index in [1.165, 1.54) is 6.07 Å². The lowest BCUT2D eigenvalue weighted by Crippen LogP contribution is -2.07. The molecule has 2 aromatic heterocycles. The maximum absolute atomic E-state index is 11.0. The van der Waals surface area contributed by atoms with Crippen LogP contribution >= 0.6 is 0 Å². The Bertz CT molecular complexity index is 614. The van der Waals surface area contributed by atoms with Crippen LogP contribution in [0.2, 0.25) is 0 Å². The van der Waals surface area contributed by atoms with Gasteiger partial charge in [0.05, 0.1) is 29.1 Å². The predicted molar refractivity (Wildman–Crippen MR) is 74.5 cm³/mol. The van der Waals surface area contributed by atoms with E-state index in [9.17, 15) is 10.1 Å². The van der Waals surface area contributed by atoms with E-state index in [1.54, 1.807) is 25.5 Å². The Morgan fingerprint density at radius 1 is 1.30 bits per heavy atom. The van der Waals surface area contributed by atoms with Crippen molar-refractivity contribution in [3.8, 4) is 0 Å². The number of nitrogens with one attached hydrogen (secondary N) is 2. The van der Waals surface area contributed by atoms with E-state index >= 15 is 0 Å². The number of pyridine rings is 1. The van der Waals surface area contributed by atoms with E-state index in [1.807, 2.05) is 6.92 Å². The Hall–Kier alpha value is -2.77. The highest BCUT2D eigenvalue weighted by Crippen LogP contribution is 2.24. The molecule has 2 aromatic rings. The third kappa shape index (κ3) is 3.16. The fraction of sp³-hybridized carbons (Fsp3) is 0.250. The lowest BCUT2D eigenvalue weighted by molar-refractivity contribution is -0.384. The summed E-state index contributed by atoms with van der Waals surface area (Å²) < 4.78 is 0. The van der Waals surface area contributed by atoms with Gasteiger partial charge in [-0.1, -0.05) is 0 Å². The molecule has 0 spiro atoms. The SMILES string of the molecule is CNc1ccc([N+](=O)[O-])c(NCc2cnc(C)cn2)n1. The van der Waals surface area contributed by atoms with Gasteiger partial charge in [0.15, 0.2) is 0 Å². The Morgan fingerprint density at radius 3 is 2.70 bits per heavy atom. The quantitative estimate of drug-likeness (QED) is 0.631. The molecule has 0 amide bonds. The average molecular weight is 274 g/mol. The first-order chi connectivity index (χ1) is 9.60. The molecular formula is C12H14N6O2. The van der Waals surface area contributed by atoms with Crippen molar-refractivity contribution in [1.82, 2.24) is 15.0 Å². The van der Waals surface area contributed by atoms with Gasteiger partial charge in [-0.15, -0.1) is 0 Å². The zero-order valence-electron chi connectivity index (χ0n) is 11.1. The fourth-order valence-corrected chi connectivity index (χ4v) is 1.55. The van der Waals surface area contributed by atoms with Crippen molar-refractivity contribution < 1.29 is 4.92 Å². The molecule has 2 rings (SSSR count). The Labute approximate surface area is 115 Å². The van der Waals surface area contributed by atoms with Crippen LogP contribution in [0, 0.1) is 17.0 Å². The highest BCUT2D eigenvalue weighted by atomic mass is 16.6. The van der Waals surface area contributed by atoms with Crippen LogP contribution in [0.25, 0.3) is 0 Å². The van der Waals surface area contributed by atoms with Gasteiger partial charge in [-0.2, -0.15) is 0 Å². The minimum Gasteiger partial charge on any atom is -0.373 e. The van der Waals surface area contributed by atoms with Gasteiger partial charge in [0.2, 0.25) is 5.82 Å². The molecule has 0 aliphatic heterocycles. The number of anilines is 2. The summed E-state index contributed by atoms with van der Waals surface area (Å²) in [6.45, 7) is 2.15. The van der Waals surface area contributed by atoms with Crippen LogP contribution in [0.1, 0.15) is 11.4 Å². The first-order valence-electron chi connectivity index (χ1n) is 5.94. The fourth-order valence-electron chi connectivity index (χ4n) is 1.55. The molecule has 0 saturated heterocycles. The zero-order valence-corrected chi connectivity index (χ0v) is 11.1. The van der Waals surface area contributed by atoms with Crippen LogP contribution in [0.4, 0.5) is 17.3 Å². The van der Waals surface area contributed by atoms with E-state index in [0.717, 1.165) is 5.69 Å². The Morgan fingerprint density at radius 2 is 2.10 bits per heavy atom. The molecule has 2 heterocycles. The molecular weight excluding hydrogens is 260 g/mol. The molecule has 0 aromatic carbocycles. The molecule has 0 radical (unpaired) electrons. The highest BCUT2D eigenvalue weighted by Gasteiger charge is 2.15. The van der Waals surface area contributed by atoms with Gasteiger partial charge in [-0.25, -0.2) is 4.98 Å². The lowest BCUT2D eigenvalue weighted by atomic mass is 10.3. The molecule has 0 saturated carbocycles. The second-order valence-corrected chi connectivity index (χ2v) is 4.07. The molecule has 20 heavy (non-hydrogen) atoms. The van der Waals surface area contributed by atoms with Crippen molar-refractivity contribution in [1.29, 1.82) is 0 Å². The molecule has 0 bridgehead atoms. The van der Waals surface area contributed by atoms with Gasteiger partial charge in [-0.05, 0) is 13.0 Å². The minimum absolute atomic E-state index is 0.0796. The second-order valence-electron chi connectivity index (χ2n) is 4.07. The van der Waals surface area contributed by atoms with Crippen LogP contribution in [0.15, 0.2) is 24.5 Å². The van der Waals surface area contributed by atoms with Gasteiger partial charge in [0, 0.05) is 19.3 Å². The van der Waals surface area contributed by atoms with Crippen LogP contribution < -0.4 is 10.6 Å². The summed E-state index contributed by atoms with van der Waals surface area (Å²) >= 11 is 0. The van der Waals surface area contributed by atoms with Crippen molar-refractivity contribution in [2.24, 2.45) is 0 Å². The lowest BCUT2D eigenvalue weighted by Gasteiger charge is -2.07. The molecule has 0 aliphatic rings. The van der Waals surface area contributed by atoms with Crippen molar-refractivity contribution >= 4 is 17.3 Å². The Balaban J connectivity index is 2.18. The highest BCUT2D eigenvalue weighted by molar-refractivity contribution is 5.60. The molecule has 0 fully saturated rings. The van der Waals surface area contributed by atoms with Gasteiger partial charge < -0.3 is 10.6 Å². The maximum Gasteiger partial charge on any atom is 0.311 e. The number of nitrogens with zero attached hydrogens (tertiary/aromatic N) is 4. The van der Waals surface area contributed by atoms with Gasteiger partial charge >= 0.3 is 5.69 Å². The molecule has 8 nitrogen and oxygen atoms in total. The number of aromatic nitrogens is 3. The van der Waals surface area contributed by atoms with Gasteiger partial charge in [0.25, 0.3) is 0 Å². The standard InChI is InChI=1S/C12H14N6O2/c1-8-5-15-9(6-14-8)7-16-12-10(18(19)20)3-4-11(13-2)17-12/h3-6H,7H2,1-2H3,(H2,13,16,17). The first-order valence-corrected chi connectivity index (χ1v) is 5.94. The number of rotatable bonds is 5. The third-order valence-electron chi connectivity index (χ3n) is 2.60. The van der Waals surface area contributed by atoms with Crippen molar-refractivity contribution in [3.63, 3.8) is 0 Å². The summed E-state index contributed by atoms with van der Waals surface area (Å²) in [4.78, 5) is 22.9. The molecule has 0 atom stereocenters. The number of aryl methyl sites for hydroxylation is 1. The Kier molecular flexibility index (Phi) is 4.04. The number of hydrogen-bond donors (Lipinski definition) is 2. The van der Waals surface area contributed by atoms with E-state index in [4.69, 9.17) is 0 Å². The largest absolute Gasteiger partial charge is 0.373 e. The molecule has 0 aliphatic carbocycles. The number of hydrogen-bond acceptors (Lipinski definition) is 7. The van der Waals surface area contributed by atoms with Crippen LogP contribution in [-0.2, 0) is 6.54 Å². The molecule has 104 valence electrons. The van der Waals surface area contributed by atoms with Crippen molar-refractivity contribution in [2.75, 3.05) is 17.7 Å². The van der Waals surface area contributed by atoms with E-state index < -0.39 is 4.92 Å². The topological polar surface area (TPSA) is 106 Å². The normalized spacial score (nSPS) is 10.1. The third-order valence-corrected chi connectivity index (χ3v) is 2.60. The van der Waals surface area contributed by atoms with Gasteiger partial charge in [-0.3, -0.25) is 20.1 Å². The second kappa shape index (κ2) is 5.91. The van der Waals surface area contributed by atoms with Crippen molar-refractivity contribution in [3.05, 3.63) is 46.0 Å². The molecule has 2 N–H and O–H groups in total. The zero-order chi connectivity index (χ0) is 14.5. The summed E-state index contributed by atoms with van der Waals surface area (Å²) in [6, 6.07) is 2.96. The van der Waals surface area contributed by atoms with E-state index in [-0.39, 0.29) is 11.5 Å². The van der Waals surface area contributed by atoms with E-state index in [2.05, 4.69) is 25.6 Å². The molecule has 0 unspecified atom stereocenters.